The number of benzene rings is 1. The Bertz CT molecular complexity index is 1050. The summed E-state index contributed by atoms with van der Waals surface area (Å²) >= 11 is 0. The Hall–Kier alpha value is -3.42. The Morgan fingerprint density at radius 1 is 1.19 bits per heavy atom. The van der Waals surface area contributed by atoms with E-state index in [1.165, 1.54) is 6.26 Å². The molecule has 0 saturated carbocycles. The van der Waals surface area contributed by atoms with Gasteiger partial charge in [-0.3, -0.25) is 14.2 Å². The van der Waals surface area contributed by atoms with E-state index >= 15 is 0 Å². The summed E-state index contributed by atoms with van der Waals surface area (Å²) in [5, 5.41) is 6.64. The first kappa shape index (κ1) is 18.4. The molecule has 0 aliphatic rings. The highest BCUT2D eigenvalue weighted by atomic mass is 16.3. The minimum Gasteiger partial charge on any atom is -0.467 e. The third-order valence-electron chi connectivity index (χ3n) is 4.00. The molecule has 0 aliphatic heterocycles. The molecule has 2 aromatic heterocycles. The van der Waals surface area contributed by atoms with E-state index in [0.29, 0.717) is 17.9 Å². The van der Waals surface area contributed by atoms with Crippen molar-refractivity contribution in [3.8, 4) is 5.69 Å². The first-order valence-electron chi connectivity index (χ1n) is 8.63. The van der Waals surface area contributed by atoms with Gasteiger partial charge in [0.1, 0.15) is 5.76 Å². The normalized spacial score (nSPS) is 10.7. The molecule has 3 aromatic rings. The van der Waals surface area contributed by atoms with Gasteiger partial charge in [-0.15, -0.1) is 0 Å². The van der Waals surface area contributed by atoms with Gasteiger partial charge in [-0.1, -0.05) is 24.6 Å². The minimum atomic E-state index is -0.706. The van der Waals surface area contributed by atoms with Crippen molar-refractivity contribution in [2.24, 2.45) is 0 Å². The molecule has 140 valence electrons. The van der Waals surface area contributed by atoms with Gasteiger partial charge in [-0.05, 0) is 37.6 Å². The Morgan fingerprint density at radius 3 is 2.56 bits per heavy atom. The zero-order chi connectivity index (χ0) is 19.4. The highest BCUT2D eigenvalue weighted by Gasteiger charge is 2.20. The summed E-state index contributed by atoms with van der Waals surface area (Å²) in [5.74, 6) is -0.119. The molecule has 0 saturated heterocycles. The molecule has 27 heavy (non-hydrogen) atoms. The summed E-state index contributed by atoms with van der Waals surface area (Å²) in [7, 11) is 0. The molecule has 1 N–H and O–H groups in total. The number of aryl methyl sites for hydroxylation is 1. The van der Waals surface area contributed by atoms with E-state index in [-0.39, 0.29) is 18.8 Å². The fourth-order valence-corrected chi connectivity index (χ4v) is 2.60. The summed E-state index contributed by atoms with van der Waals surface area (Å²) < 4.78 is 7.28. The molecule has 1 amide bonds. The van der Waals surface area contributed by atoms with Gasteiger partial charge in [0.05, 0.1) is 18.5 Å². The standard InChI is InChI=1S/C19H20N4O4/c1-3-10-22-18(25)16(17(24)20-12-15-5-4-11-27-15)21-23(19(22)26)14-8-6-13(2)7-9-14/h4-9,11H,3,10,12H2,1-2H3,(H,20,24). The number of rotatable bonds is 6. The average Bonchev–Trinajstić information content (AvgIpc) is 3.18. The van der Waals surface area contributed by atoms with Gasteiger partial charge >= 0.3 is 5.69 Å². The molecule has 0 radical (unpaired) electrons. The van der Waals surface area contributed by atoms with Gasteiger partial charge < -0.3 is 9.73 Å². The van der Waals surface area contributed by atoms with Crippen molar-refractivity contribution in [2.45, 2.75) is 33.4 Å². The first-order chi connectivity index (χ1) is 13.0. The smallest absolute Gasteiger partial charge is 0.352 e. The number of carbonyl (C=O) groups is 1. The van der Waals surface area contributed by atoms with Crippen LogP contribution in [0.5, 0.6) is 0 Å². The second-order valence-electron chi connectivity index (χ2n) is 6.10. The zero-order valence-electron chi connectivity index (χ0n) is 15.1. The summed E-state index contributed by atoms with van der Waals surface area (Å²) in [4.78, 5) is 37.8. The molecule has 0 fully saturated rings. The molecular formula is C19H20N4O4. The number of amides is 1. The van der Waals surface area contributed by atoms with Gasteiger partial charge in [0.25, 0.3) is 11.5 Å². The molecule has 1 aromatic carbocycles. The third kappa shape index (κ3) is 3.89. The van der Waals surface area contributed by atoms with E-state index in [1.807, 2.05) is 26.0 Å². The van der Waals surface area contributed by atoms with Gasteiger partial charge in [-0.25, -0.2) is 4.79 Å². The van der Waals surface area contributed by atoms with Crippen LogP contribution in [-0.2, 0) is 13.1 Å². The van der Waals surface area contributed by atoms with Crippen molar-refractivity contribution in [2.75, 3.05) is 0 Å². The van der Waals surface area contributed by atoms with Gasteiger partial charge in [-0.2, -0.15) is 9.78 Å². The van der Waals surface area contributed by atoms with E-state index < -0.39 is 17.2 Å². The van der Waals surface area contributed by atoms with Crippen molar-refractivity contribution < 1.29 is 9.21 Å². The fraction of sp³-hybridized carbons (Fsp3) is 0.263. The maximum Gasteiger partial charge on any atom is 0.352 e. The molecule has 0 atom stereocenters. The van der Waals surface area contributed by atoms with E-state index in [2.05, 4.69) is 10.4 Å². The van der Waals surface area contributed by atoms with Crippen LogP contribution in [0.1, 0.15) is 35.2 Å². The summed E-state index contributed by atoms with van der Waals surface area (Å²) in [6.07, 6.45) is 2.06. The van der Waals surface area contributed by atoms with Crippen LogP contribution in [0.15, 0.2) is 56.7 Å². The van der Waals surface area contributed by atoms with Crippen molar-refractivity contribution in [1.82, 2.24) is 19.7 Å². The number of carbonyl (C=O) groups excluding carboxylic acids is 1. The van der Waals surface area contributed by atoms with Crippen molar-refractivity contribution in [3.63, 3.8) is 0 Å². The third-order valence-corrected chi connectivity index (χ3v) is 4.00. The molecule has 0 unspecified atom stereocenters. The molecule has 8 nitrogen and oxygen atoms in total. The van der Waals surface area contributed by atoms with E-state index in [0.717, 1.165) is 14.8 Å². The Balaban J connectivity index is 2.04. The fourth-order valence-electron chi connectivity index (χ4n) is 2.60. The predicted molar refractivity (Wildman–Crippen MR) is 99.0 cm³/mol. The van der Waals surface area contributed by atoms with Crippen molar-refractivity contribution in [3.05, 3.63) is 80.5 Å². The largest absolute Gasteiger partial charge is 0.467 e. The van der Waals surface area contributed by atoms with Crippen LogP contribution in [0.4, 0.5) is 0 Å². The van der Waals surface area contributed by atoms with Gasteiger partial charge in [0.2, 0.25) is 5.69 Å². The summed E-state index contributed by atoms with van der Waals surface area (Å²) in [6, 6.07) is 10.5. The number of aromatic nitrogens is 3. The Morgan fingerprint density at radius 2 is 1.93 bits per heavy atom. The highest BCUT2D eigenvalue weighted by Crippen LogP contribution is 2.06. The molecule has 8 heteroatoms. The van der Waals surface area contributed by atoms with E-state index in [1.54, 1.807) is 24.3 Å². The first-order valence-corrected chi connectivity index (χ1v) is 8.63. The second kappa shape index (κ2) is 7.86. The quantitative estimate of drug-likeness (QED) is 0.713. The molecule has 0 spiro atoms. The Labute approximate surface area is 155 Å². The number of hydrogen-bond acceptors (Lipinski definition) is 5. The SMILES string of the molecule is CCCn1c(=O)c(C(=O)NCc2ccco2)nn(-c2ccc(C)cc2)c1=O. The molecule has 0 bridgehead atoms. The van der Waals surface area contributed by atoms with Crippen LogP contribution in [0.25, 0.3) is 5.69 Å². The average molecular weight is 368 g/mol. The van der Waals surface area contributed by atoms with Crippen LogP contribution < -0.4 is 16.6 Å². The van der Waals surface area contributed by atoms with Crippen molar-refractivity contribution >= 4 is 5.91 Å². The lowest BCUT2D eigenvalue weighted by Crippen LogP contribution is -2.45. The van der Waals surface area contributed by atoms with Crippen LogP contribution >= 0.6 is 0 Å². The maximum atomic E-state index is 12.7. The summed E-state index contributed by atoms with van der Waals surface area (Å²) in [6.45, 7) is 4.08. The van der Waals surface area contributed by atoms with Gasteiger partial charge in [0, 0.05) is 6.54 Å². The molecule has 3 rings (SSSR count). The number of nitrogens with zero attached hydrogens (tertiary/aromatic N) is 3. The number of nitrogens with one attached hydrogen (secondary N) is 1. The topological polar surface area (TPSA) is 99.1 Å². The maximum absolute atomic E-state index is 12.7. The molecule has 2 heterocycles. The molecule has 0 aliphatic carbocycles. The van der Waals surface area contributed by atoms with Gasteiger partial charge in [0.15, 0.2) is 0 Å². The summed E-state index contributed by atoms with van der Waals surface area (Å²) in [5.41, 5.74) is -0.119. The lowest BCUT2D eigenvalue weighted by molar-refractivity contribution is 0.0938. The van der Waals surface area contributed by atoms with Crippen LogP contribution in [0.3, 0.4) is 0 Å². The zero-order valence-corrected chi connectivity index (χ0v) is 15.1. The lowest BCUT2D eigenvalue weighted by atomic mass is 10.2. The minimum absolute atomic E-state index is 0.115. The molecular weight excluding hydrogens is 348 g/mol. The number of furan rings is 1. The van der Waals surface area contributed by atoms with E-state index in [9.17, 15) is 14.4 Å². The van der Waals surface area contributed by atoms with E-state index in [4.69, 9.17) is 4.42 Å². The number of hydrogen-bond donors (Lipinski definition) is 1. The lowest BCUT2D eigenvalue weighted by Gasteiger charge is -2.11. The monoisotopic (exact) mass is 368 g/mol. The van der Waals surface area contributed by atoms with Crippen LogP contribution in [0.2, 0.25) is 0 Å². The van der Waals surface area contributed by atoms with Crippen LogP contribution in [0, 0.1) is 6.92 Å². The second-order valence-corrected chi connectivity index (χ2v) is 6.10. The van der Waals surface area contributed by atoms with Crippen molar-refractivity contribution in [1.29, 1.82) is 0 Å². The predicted octanol–water partition coefficient (Wildman–Crippen LogP) is 1.64. The highest BCUT2D eigenvalue weighted by molar-refractivity contribution is 5.91. The van der Waals surface area contributed by atoms with Crippen LogP contribution in [-0.4, -0.2) is 20.3 Å². The Kier molecular flexibility index (Phi) is 5.35.